The van der Waals surface area contributed by atoms with E-state index in [2.05, 4.69) is 20.4 Å². The van der Waals surface area contributed by atoms with Gasteiger partial charge in [0, 0.05) is 12.3 Å². The highest BCUT2D eigenvalue weighted by Gasteiger charge is 2.14. The molecule has 0 spiro atoms. The lowest BCUT2D eigenvalue weighted by atomic mass is 10.3. The van der Waals surface area contributed by atoms with Crippen molar-refractivity contribution < 1.29 is 9.47 Å². The maximum Gasteiger partial charge on any atom is 0.243 e. The largest absolute Gasteiger partial charge is 0.454 e. The molecule has 4 heterocycles. The molecule has 0 bridgehead atoms. The fourth-order valence-electron chi connectivity index (χ4n) is 2.70. The average molecular weight is 355 g/mol. The first-order valence-electron chi connectivity index (χ1n) is 7.48. The van der Waals surface area contributed by atoms with Gasteiger partial charge < -0.3 is 19.4 Å². The fraction of sp³-hybridized carbons (Fsp3) is 0.0625. The zero-order valence-electron chi connectivity index (χ0n) is 12.8. The molecule has 4 aromatic rings. The molecule has 1 aliphatic heterocycles. The van der Waals surface area contributed by atoms with Crippen LogP contribution in [0.1, 0.15) is 0 Å². The lowest BCUT2D eigenvalue weighted by Crippen LogP contribution is -2.01. The van der Waals surface area contributed by atoms with Crippen LogP contribution in [0.4, 0.5) is 11.6 Å². The fourth-order valence-corrected chi connectivity index (χ4v) is 2.86. The maximum atomic E-state index is 5.97. The molecule has 0 saturated carbocycles. The summed E-state index contributed by atoms with van der Waals surface area (Å²) in [7, 11) is 0. The zero-order chi connectivity index (χ0) is 16.8. The molecule has 25 heavy (non-hydrogen) atoms. The number of benzene rings is 1. The van der Waals surface area contributed by atoms with Crippen LogP contribution in [0, 0.1) is 0 Å². The summed E-state index contributed by atoms with van der Waals surface area (Å²) >= 11 is 5.97. The number of aromatic nitrogens is 5. The first-order valence-corrected chi connectivity index (χ1v) is 7.86. The lowest BCUT2D eigenvalue weighted by molar-refractivity contribution is 0.174. The van der Waals surface area contributed by atoms with Gasteiger partial charge in [0.25, 0.3) is 0 Å². The summed E-state index contributed by atoms with van der Waals surface area (Å²) in [4.78, 5) is 8.60. The van der Waals surface area contributed by atoms with Crippen LogP contribution in [0.25, 0.3) is 11.2 Å². The van der Waals surface area contributed by atoms with Crippen molar-refractivity contribution in [1.29, 1.82) is 0 Å². The number of hydrogen-bond acceptors (Lipinski definition) is 6. The third kappa shape index (κ3) is 2.43. The van der Waals surface area contributed by atoms with Crippen LogP contribution in [0.3, 0.4) is 0 Å². The monoisotopic (exact) mass is 354 g/mol. The van der Waals surface area contributed by atoms with Crippen LogP contribution >= 0.6 is 11.6 Å². The van der Waals surface area contributed by atoms with Crippen molar-refractivity contribution >= 4 is 28.8 Å². The minimum Gasteiger partial charge on any atom is -0.454 e. The number of halogens is 1. The van der Waals surface area contributed by atoms with Crippen molar-refractivity contribution in [3.63, 3.8) is 0 Å². The Morgan fingerprint density at radius 3 is 3.04 bits per heavy atom. The van der Waals surface area contributed by atoms with E-state index in [0.717, 1.165) is 22.7 Å². The van der Waals surface area contributed by atoms with Crippen molar-refractivity contribution in [2.45, 2.75) is 0 Å². The highest BCUT2D eigenvalue weighted by atomic mass is 35.5. The van der Waals surface area contributed by atoms with Gasteiger partial charge in [-0.25, -0.2) is 9.50 Å². The van der Waals surface area contributed by atoms with Crippen molar-refractivity contribution in [3.05, 3.63) is 54.3 Å². The summed E-state index contributed by atoms with van der Waals surface area (Å²) in [6.45, 7) is 0.247. The molecule has 1 N–H and O–H groups in total. The van der Waals surface area contributed by atoms with Crippen molar-refractivity contribution in [2.75, 3.05) is 12.1 Å². The first kappa shape index (κ1) is 14.1. The van der Waals surface area contributed by atoms with Gasteiger partial charge in [-0.2, -0.15) is 4.98 Å². The molecule has 3 aromatic heterocycles. The minimum absolute atomic E-state index is 0.154. The van der Waals surface area contributed by atoms with Gasteiger partial charge in [-0.3, -0.25) is 0 Å². The highest BCUT2D eigenvalue weighted by Crippen LogP contribution is 2.33. The van der Waals surface area contributed by atoms with E-state index in [1.54, 1.807) is 17.0 Å². The smallest absolute Gasteiger partial charge is 0.243 e. The van der Waals surface area contributed by atoms with Gasteiger partial charge in [0.1, 0.15) is 17.7 Å². The molecule has 5 rings (SSSR count). The minimum atomic E-state index is 0.154. The summed E-state index contributed by atoms with van der Waals surface area (Å²) in [5.41, 5.74) is 1.72. The second-order valence-corrected chi connectivity index (χ2v) is 5.73. The quantitative estimate of drug-likeness (QED) is 0.609. The van der Waals surface area contributed by atoms with Gasteiger partial charge in [0.05, 0.1) is 11.9 Å². The van der Waals surface area contributed by atoms with Gasteiger partial charge in [-0.1, -0.05) is 0 Å². The molecule has 0 amide bonds. The Morgan fingerprint density at radius 1 is 1.16 bits per heavy atom. The molecule has 8 nitrogen and oxygen atoms in total. The Hall–Kier alpha value is -3.26. The second kappa shape index (κ2) is 5.38. The topological polar surface area (TPSA) is 78.5 Å². The Bertz CT molecular complexity index is 1090. The van der Waals surface area contributed by atoms with Crippen molar-refractivity contribution in [2.24, 2.45) is 0 Å². The van der Waals surface area contributed by atoms with Crippen LogP contribution in [-0.2, 0) is 0 Å². The maximum absolute atomic E-state index is 5.97. The van der Waals surface area contributed by atoms with Crippen LogP contribution in [0.15, 0.2) is 49.1 Å². The van der Waals surface area contributed by atoms with Gasteiger partial charge >= 0.3 is 0 Å². The van der Waals surface area contributed by atoms with E-state index < -0.39 is 0 Å². The van der Waals surface area contributed by atoms with Crippen molar-refractivity contribution in [3.8, 4) is 17.2 Å². The zero-order valence-corrected chi connectivity index (χ0v) is 13.5. The summed E-state index contributed by atoms with van der Waals surface area (Å²) in [6, 6.07) is 9.48. The SMILES string of the molecule is Clc1nc(Nc2cn(-c3ccc4c(c3)OCO4)cn2)c2cccn2n1. The van der Waals surface area contributed by atoms with E-state index in [9.17, 15) is 0 Å². The molecular formula is C16H11ClN6O2. The van der Waals surface area contributed by atoms with E-state index in [1.165, 1.54) is 0 Å². The normalized spacial score (nSPS) is 12.7. The predicted molar refractivity (Wildman–Crippen MR) is 91.0 cm³/mol. The molecule has 0 radical (unpaired) electrons. The molecule has 9 heteroatoms. The number of anilines is 2. The van der Waals surface area contributed by atoms with Gasteiger partial charge in [-0.15, -0.1) is 5.10 Å². The van der Waals surface area contributed by atoms with E-state index >= 15 is 0 Å². The Labute approximate surface area is 146 Å². The molecule has 0 atom stereocenters. The van der Waals surface area contributed by atoms with Crippen LogP contribution in [-0.4, -0.2) is 30.9 Å². The van der Waals surface area contributed by atoms with Crippen LogP contribution < -0.4 is 14.8 Å². The van der Waals surface area contributed by atoms with Gasteiger partial charge in [-0.05, 0) is 35.9 Å². The number of hydrogen-bond donors (Lipinski definition) is 1. The molecule has 0 fully saturated rings. The van der Waals surface area contributed by atoms with Crippen LogP contribution in [0.5, 0.6) is 11.5 Å². The average Bonchev–Trinajstić information content (AvgIpc) is 3.34. The highest BCUT2D eigenvalue weighted by molar-refractivity contribution is 6.28. The number of fused-ring (bicyclic) bond motifs is 2. The molecule has 0 aliphatic carbocycles. The summed E-state index contributed by atoms with van der Waals surface area (Å²) in [6.07, 6.45) is 5.37. The lowest BCUT2D eigenvalue weighted by Gasteiger charge is -2.05. The summed E-state index contributed by atoms with van der Waals surface area (Å²) in [5.74, 6) is 2.68. The third-order valence-electron chi connectivity index (χ3n) is 3.85. The molecule has 1 aromatic carbocycles. The molecule has 1 aliphatic rings. The standard InChI is InChI=1S/C16H11ClN6O2/c17-16-20-15(11-2-1-5-23(11)21-16)19-14-7-22(8-18-14)10-3-4-12-13(6-10)25-9-24-12/h1-8H,9H2,(H,19,20,21). The number of nitrogens with zero attached hydrogens (tertiary/aromatic N) is 5. The number of rotatable bonds is 3. The van der Waals surface area contributed by atoms with Gasteiger partial charge in [0.2, 0.25) is 12.1 Å². The molecule has 0 unspecified atom stereocenters. The van der Waals surface area contributed by atoms with Crippen molar-refractivity contribution in [1.82, 2.24) is 24.1 Å². The van der Waals surface area contributed by atoms with E-state index in [1.807, 2.05) is 41.1 Å². The number of imidazole rings is 1. The predicted octanol–water partition coefficient (Wildman–Crippen LogP) is 3.04. The number of ether oxygens (including phenoxy) is 2. The van der Waals surface area contributed by atoms with E-state index in [-0.39, 0.29) is 12.1 Å². The molecular weight excluding hydrogens is 344 g/mol. The molecule has 0 saturated heterocycles. The first-order chi connectivity index (χ1) is 12.3. The Balaban J connectivity index is 1.47. The Kier molecular flexibility index (Phi) is 3.04. The van der Waals surface area contributed by atoms with E-state index in [4.69, 9.17) is 21.1 Å². The summed E-state index contributed by atoms with van der Waals surface area (Å²) in [5, 5.41) is 7.43. The summed E-state index contributed by atoms with van der Waals surface area (Å²) < 4.78 is 14.3. The third-order valence-corrected chi connectivity index (χ3v) is 4.01. The van der Waals surface area contributed by atoms with E-state index in [0.29, 0.717) is 11.6 Å². The number of nitrogens with one attached hydrogen (secondary N) is 1. The second-order valence-electron chi connectivity index (χ2n) is 5.40. The molecule has 124 valence electrons. The van der Waals surface area contributed by atoms with Crippen LogP contribution in [0.2, 0.25) is 5.28 Å². The van der Waals surface area contributed by atoms with Gasteiger partial charge in [0.15, 0.2) is 17.3 Å². The Morgan fingerprint density at radius 2 is 2.08 bits per heavy atom.